The highest BCUT2D eigenvalue weighted by atomic mass is 35.5. The summed E-state index contributed by atoms with van der Waals surface area (Å²) in [6.07, 6.45) is 0. The summed E-state index contributed by atoms with van der Waals surface area (Å²) in [4.78, 5) is 7.35. The minimum absolute atomic E-state index is 0.156. The topological polar surface area (TPSA) is 89.8 Å². The first-order chi connectivity index (χ1) is 11.1. The molecule has 0 saturated heterocycles. The molecule has 0 aliphatic rings. The SMILES string of the molecule is CCN(CC)C(=NOCc1ccc(Cl)cc1Cl)c1nonc1N. The van der Waals surface area contributed by atoms with Crippen molar-refractivity contribution in [3.8, 4) is 0 Å². The van der Waals surface area contributed by atoms with Crippen LogP contribution < -0.4 is 5.73 Å². The van der Waals surface area contributed by atoms with Crippen molar-refractivity contribution in [2.24, 2.45) is 5.16 Å². The molecule has 1 aromatic heterocycles. The normalized spacial score (nSPS) is 11.6. The zero-order valence-electron chi connectivity index (χ0n) is 12.8. The number of hydrogen-bond donors (Lipinski definition) is 1. The first kappa shape index (κ1) is 17.4. The summed E-state index contributed by atoms with van der Waals surface area (Å²) in [6.45, 7) is 5.56. The molecular weight excluding hydrogens is 341 g/mol. The Morgan fingerprint density at radius 3 is 2.61 bits per heavy atom. The van der Waals surface area contributed by atoms with E-state index < -0.39 is 0 Å². The van der Waals surface area contributed by atoms with E-state index in [1.54, 1.807) is 18.2 Å². The van der Waals surface area contributed by atoms with E-state index in [0.29, 0.717) is 34.7 Å². The minimum Gasteiger partial charge on any atom is -0.389 e. The number of anilines is 1. The Kier molecular flexibility index (Phi) is 6.06. The van der Waals surface area contributed by atoms with Gasteiger partial charge in [0.05, 0.1) is 0 Å². The first-order valence-corrected chi connectivity index (χ1v) is 7.79. The molecule has 2 N–H and O–H groups in total. The van der Waals surface area contributed by atoms with Crippen LogP contribution in [-0.2, 0) is 11.4 Å². The third-order valence-corrected chi connectivity index (χ3v) is 3.76. The maximum absolute atomic E-state index is 6.11. The monoisotopic (exact) mass is 357 g/mol. The standard InChI is InChI=1S/C14H17Cl2N5O2/c1-3-21(4-2)14(12-13(17)19-23-18-12)20-22-8-9-5-6-10(15)7-11(9)16/h5-7H,3-4,8H2,1-2H3,(H2,17,19). The van der Waals surface area contributed by atoms with E-state index in [-0.39, 0.29) is 12.4 Å². The second-order valence-corrected chi connectivity index (χ2v) is 5.44. The van der Waals surface area contributed by atoms with Crippen molar-refractivity contribution < 1.29 is 9.47 Å². The van der Waals surface area contributed by atoms with Crippen molar-refractivity contribution in [1.82, 2.24) is 15.2 Å². The zero-order chi connectivity index (χ0) is 16.8. The van der Waals surface area contributed by atoms with Gasteiger partial charge in [-0.15, -0.1) is 0 Å². The summed E-state index contributed by atoms with van der Waals surface area (Å²) < 4.78 is 4.64. The highest BCUT2D eigenvalue weighted by Gasteiger charge is 2.20. The van der Waals surface area contributed by atoms with E-state index in [9.17, 15) is 0 Å². The predicted molar refractivity (Wildman–Crippen MR) is 89.4 cm³/mol. The number of amidine groups is 1. The molecule has 0 spiro atoms. The molecule has 1 heterocycles. The van der Waals surface area contributed by atoms with Crippen molar-refractivity contribution in [1.29, 1.82) is 0 Å². The van der Waals surface area contributed by atoms with Crippen LogP contribution in [0, 0.1) is 0 Å². The summed E-state index contributed by atoms with van der Waals surface area (Å²) in [5, 5.41) is 12.6. The molecular formula is C14H17Cl2N5O2. The third-order valence-electron chi connectivity index (χ3n) is 3.17. The summed E-state index contributed by atoms with van der Waals surface area (Å²) >= 11 is 12.0. The Morgan fingerprint density at radius 2 is 2.04 bits per heavy atom. The van der Waals surface area contributed by atoms with Gasteiger partial charge in [-0.25, -0.2) is 4.63 Å². The Bertz CT molecular complexity index is 686. The quantitative estimate of drug-likeness (QED) is 0.485. The Balaban J connectivity index is 2.19. The van der Waals surface area contributed by atoms with Crippen LogP contribution in [0.1, 0.15) is 25.1 Å². The van der Waals surface area contributed by atoms with E-state index in [1.165, 1.54) is 0 Å². The van der Waals surface area contributed by atoms with Gasteiger partial charge in [-0.3, -0.25) is 0 Å². The van der Waals surface area contributed by atoms with Gasteiger partial charge in [0.25, 0.3) is 0 Å². The molecule has 0 saturated carbocycles. The molecule has 9 heteroatoms. The van der Waals surface area contributed by atoms with E-state index in [2.05, 4.69) is 20.1 Å². The molecule has 2 rings (SSSR count). The fourth-order valence-corrected chi connectivity index (χ4v) is 2.39. The number of benzene rings is 1. The molecule has 124 valence electrons. The molecule has 0 fully saturated rings. The van der Waals surface area contributed by atoms with Gasteiger partial charge in [-0.2, -0.15) is 0 Å². The van der Waals surface area contributed by atoms with Crippen LogP contribution in [0.3, 0.4) is 0 Å². The molecule has 0 atom stereocenters. The van der Waals surface area contributed by atoms with Crippen molar-refractivity contribution in [3.63, 3.8) is 0 Å². The van der Waals surface area contributed by atoms with Crippen LogP contribution >= 0.6 is 23.2 Å². The van der Waals surface area contributed by atoms with Crippen LogP contribution in [0.5, 0.6) is 0 Å². The summed E-state index contributed by atoms with van der Waals surface area (Å²) in [7, 11) is 0. The van der Waals surface area contributed by atoms with E-state index in [4.69, 9.17) is 33.8 Å². The highest BCUT2D eigenvalue weighted by molar-refractivity contribution is 6.35. The fourth-order valence-electron chi connectivity index (χ4n) is 1.93. The summed E-state index contributed by atoms with van der Waals surface area (Å²) in [6, 6.07) is 5.17. The lowest BCUT2D eigenvalue weighted by Crippen LogP contribution is -2.32. The lowest BCUT2D eigenvalue weighted by molar-refractivity contribution is 0.126. The summed E-state index contributed by atoms with van der Waals surface area (Å²) in [5.41, 5.74) is 6.86. The van der Waals surface area contributed by atoms with Crippen molar-refractivity contribution in [2.45, 2.75) is 20.5 Å². The third kappa shape index (κ3) is 4.27. The fraction of sp³-hybridized carbons (Fsp3) is 0.357. The Hall–Kier alpha value is -1.99. The molecule has 23 heavy (non-hydrogen) atoms. The Labute approximate surface area is 143 Å². The van der Waals surface area contributed by atoms with Crippen LogP contribution in [0.4, 0.5) is 5.82 Å². The van der Waals surface area contributed by atoms with E-state index in [0.717, 1.165) is 5.56 Å². The van der Waals surface area contributed by atoms with Crippen LogP contribution in [0.25, 0.3) is 0 Å². The van der Waals surface area contributed by atoms with Crippen molar-refractivity contribution in [3.05, 3.63) is 39.5 Å². The second kappa shape index (κ2) is 8.03. The number of oxime groups is 1. The molecule has 0 bridgehead atoms. The van der Waals surface area contributed by atoms with Gasteiger partial charge in [0, 0.05) is 28.7 Å². The van der Waals surface area contributed by atoms with Gasteiger partial charge in [0.2, 0.25) is 5.84 Å². The smallest absolute Gasteiger partial charge is 0.201 e. The number of hydrogen-bond acceptors (Lipinski definition) is 6. The molecule has 0 radical (unpaired) electrons. The number of aromatic nitrogens is 2. The first-order valence-electron chi connectivity index (χ1n) is 7.04. The lowest BCUT2D eigenvalue weighted by atomic mass is 10.2. The predicted octanol–water partition coefficient (Wildman–Crippen LogP) is 3.18. The maximum Gasteiger partial charge on any atom is 0.201 e. The number of rotatable bonds is 6. The average molecular weight is 358 g/mol. The molecule has 0 amide bonds. The maximum atomic E-state index is 6.11. The van der Waals surface area contributed by atoms with Crippen LogP contribution in [-0.4, -0.2) is 34.1 Å². The molecule has 0 unspecified atom stereocenters. The van der Waals surface area contributed by atoms with Gasteiger partial charge >= 0.3 is 0 Å². The highest BCUT2D eigenvalue weighted by Crippen LogP contribution is 2.21. The lowest BCUT2D eigenvalue weighted by Gasteiger charge is -2.20. The molecule has 7 nitrogen and oxygen atoms in total. The average Bonchev–Trinajstić information content (AvgIpc) is 2.94. The van der Waals surface area contributed by atoms with E-state index in [1.807, 2.05) is 18.7 Å². The van der Waals surface area contributed by atoms with Gasteiger partial charge in [-0.1, -0.05) is 34.4 Å². The number of nitrogens with two attached hydrogens (primary N) is 1. The molecule has 0 aliphatic carbocycles. The van der Waals surface area contributed by atoms with Crippen LogP contribution in [0.15, 0.2) is 28.0 Å². The molecule has 2 aromatic rings. The van der Waals surface area contributed by atoms with Gasteiger partial charge in [0.1, 0.15) is 6.61 Å². The largest absolute Gasteiger partial charge is 0.389 e. The molecule has 0 aliphatic heterocycles. The number of nitrogens with zero attached hydrogens (tertiary/aromatic N) is 4. The van der Waals surface area contributed by atoms with Crippen molar-refractivity contribution >= 4 is 34.9 Å². The Morgan fingerprint density at radius 1 is 1.30 bits per heavy atom. The van der Waals surface area contributed by atoms with Gasteiger partial charge in [0.15, 0.2) is 11.5 Å². The van der Waals surface area contributed by atoms with Crippen molar-refractivity contribution in [2.75, 3.05) is 18.8 Å². The van der Waals surface area contributed by atoms with Gasteiger partial charge < -0.3 is 15.5 Å². The summed E-state index contributed by atoms with van der Waals surface area (Å²) in [5.74, 6) is 0.614. The molecule has 1 aromatic carbocycles. The zero-order valence-corrected chi connectivity index (χ0v) is 14.3. The second-order valence-electron chi connectivity index (χ2n) is 4.59. The van der Waals surface area contributed by atoms with Gasteiger partial charge in [-0.05, 0) is 36.3 Å². The van der Waals surface area contributed by atoms with E-state index >= 15 is 0 Å². The number of halogens is 2. The number of nitrogen functional groups attached to an aromatic ring is 1. The minimum atomic E-state index is 0.156. The van der Waals surface area contributed by atoms with Crippen LogP contribution in [0.2, 0.25) is 10.0 Å².